The summed E-state index contributed by atoms with van der Waals surface area (Å²) in [5.41, 5.74) is 6.53. The molecule has 144 valence electrons. The van der Waals surface area contributed by atoms with Gasteiger partial charge in [-0.1, -0.05) is 30.3 Å². The third-order valence-corrected chi connectivity index (χ3v) is 4.09. The Kier molecular flexibility index (Phi) is 10.4. The molecule has 0 spiro atoms. The van der Waals surface area contributed by atoms with Crippen LogP contribution < -0.4 is 11.1 Å². The zero-order valence-corrected chi connectivity index (χ0v) is 15.3. The number of amides is 1. The molecule has 4 nitrogen and oxygen atoms in total. The number of benzene rings is 1. The van der Waals surface area contributed by atoms with E-state index >= 15 is 0 Å². The van der Waals surface area contributed by atoms with Crippen LogP contribution in [0.25, 0.3) is 0 Å². The van der Waals surface area contributed by atoms with E-state index in [1.54, 1.807) is 0 Å². The highest BCUT2D eigenvalue weighted by Gasteiger charge is 2.34. The quantitative estimate of drug-likeness (QED) is 0.769. The van der Waals surface area contributed by atoms with Gasteiger partial charge in [-0.05, 0) is 24.4 Å². The standard InChI is InChI=1S/C16H22F3N3O.2ClH/c17-16(18,19)11-22-7-6-12(10-22)9-21-15(23)14(8-20)13-4-2-1-3-5-13;;/h1-5,12,14H,6-11,20H2,(H,21,23);2*1H. The third-order valence-electron chi connectivity index (χ3n) is 4.09. The van der Waals surface area contributed by atoms with Crippen molar-refractivity contribution in [3.8, 4) is 0 Å². The van der Waals surface area contributed by atoms with E-state index in [4.69, 9.17) is 5.73 Å². The molecule has 3 N–H and O–H groups in total. The van der Waals surface area contributed by atoms with Crippen molar-refractivity contribution in [2.24, 2.45) is 11.7 Å². The zero-order chi connectivity index (χ0) is 16.9. The molecule has 2 atom stereocenters. The van der Waals surface area contributed by atoms with Crippen LogP contribution in [0, 0.1) is 5.92 Å². The predicted molar refractivity (Wildman–Crippen MR) is 96.3 cm³/mol. The predicted octanol–water partition coefficient (Wildman–Crippen LogP) is 2.57. The van der Waals surface area contributed by atoms with Crippen molar-refractivity contribution in [2.75, 3.05) is 32.7 Å². The first-order valence-corrected chi connectivity index (χ1v) is 7.71. The second-order valence-corrected chi connectivity index (χ2v) is 5.95. The summed E-state index contributed by atoms with van der Waals surface area (Å²) in [7, 11) is 0. The van der Waals surface area contributed by atoms with Crippen molar-refractivity contribution in [3.05, 3.63) is 35.9 Å². The van der Waals surface area contributed by atoms with Crippen LogP contribution in [0.15, 0.2) is 30.3 Å². The lowest BCUT2D eigenvalue weighted by atomic mass is 9.98. The molecular formula is C16H24Cl2F3N3O. The van der Waals surface area contributed by atoms with Crippen LogP contribution in [0.2, 0.25) is 0 Å². The van der Waals surface area contributed by atoms with E-state index < -0.39 is 18.6 Å². The average molecular weight is 402 g/mol. The van der Waals surface area contributed by atoms with E-state index in [-0.39, 0.29) is 43.2 Å². The Morgan fingerprint density at radius 3 is 2.48 bits per heavy atom. The van der Waals surface area contributed by atoms with Crippen LogP contribution in [0.1, 0.15) is 17.9 Å². The van der Waals surface area contributed by atoms with E-state index in [9.17, 15) is 18.0 Å². The van der Waals surface area contributed by atoms with Gasteiger partial charge >= 0.3 is 6.18 Å². The highest BCUT2D eigenvalue weighted by atomic mass is 35.5. The molecule has 1 heterocycles. The van der Waals surface area contributed by atoms with E-state index in [2.05, 4.69) is 5.32 Å². The van der Waals surface area contributed by atoms with Crippen molar-refractivity contribution >= 4 is 30.7 Å². The summed E-state index contributed by atoms with van der Waals surface area (Å²) in [6, 6.07) is 9.24. The minimum absolute atomic E-state index is 0. The fraction of sp³-hybridized carbons (Fsp3) is 0.562. The molecule has 1 aliphatic rings. The number of halogens is 5. The van der Waals surface area contributed by atoms with Crippen molar-refractivity contribution in [1.82, 2.24) is 10.2 Å². The van der Waals surface area contributed by atoms with Gasteiger partial charge < -0.3 is 11.1 Å². The summed E-state index contributed by atoms with van der Waals surface area (Å²) in [6.07, 6.45) is -3.51. The minimum atomic E-state index is -4.17. The van der Waals surface area contributed by atoms with E-state index in [0.29, 0.717) is 26.1 Å². The number of carbonyl (C=O) groups is 1. The number of nitrogens with two attached hydrogens (primary N) is 1. The molecule has 1 amide bonds. The van der Waals surface area contributed by atoms with Crippen molar-refractivity contribution in [3.63, 3.8) is 0 Å². The van der Waals surface area contributed by atoms with Gasteiger partial charge in [-0.3, -0.25) is 9.69 Å². The van der Waals surface area contributed by atoms with Gasteiger partial charge in [0.1, 0.15) is 0 Å². The Bertz CT molecular complexity index is 517. The SMILES string of the molecule is Cl.Cl.NCC(C(=O)NCC1CCN(CC(F)(F)F)C1)c1ccccc1. The van der Waals surface area contributed by atoms with Crippen molar-refractivity contribution in [1.29, 1.82) is 0 Å². The van der Waals surface area contributed by atoms with Crippen LogP contribution in [-0.4, -0.2) is 49.7 Å². The lowest BCUT2D eigenvalue weighted by Crippen LogP contribution is -2.37. The molecule has 1 aromatic carbocycles. The molecule has 0 radical (unpaired) electrons. The first-order valence-electron chi connectivity index (χ1n) is 7.71. The molecule has 0 saturated carbocycles. The second-order valence-electron chi connectivity index (χ2n) is 5.95. The summed E-state index contributed by atoms with van der Waals surface area (Å²) in [4.78, 5) is 13.6. The van der Waals surface area contributed by atoms with Gasteiger partial charge in [0.25, 0.3) is 0 Å². The van der Waals surface area contributed by atoms with Gasteiger partial charge in [0, 0.05) is 19.6 Å². The maximum absolute atomic E-state index is 12.4. The van der Waals surface area contributed by atoms with Gasteiger partial charge in [0.2, 0.25) is 5.91 Å². The van der Waals surface area contributed by atoms with Crippen LogP contribution in [0.5, 0.6) is 0 Å². The number of carbonyl (C=O) groups excluding carboxylic acids is 1. The highest BCUT2D eigenvalue weighted by Crippen LogP contribution is 2.22. The van der Waals surface area contributed by atoms with Gasteiger partial charge in [0.15, 0.2) is 0 Å². The Hall–Kier alpha value is -1.02. The molecule has 9 heteroatoms. The fourth-order valence-electron chi connectivity index (χ4n) is 2.92. The third kappa shape index (κ3) is 7.81. The number of rotatable bonds is 6. The van der Waals surface area contributed by atoms with Gasteiger partial charge in [0.05, 0.1) is 12.5 Å². The molecule has 1 aromatic rings. The summed E-state index contributed by atoms with van der Waals surface area (Å²) in [5.74, 6) is -0.549. The molecule has 0 aromatic heterocycles. The summed E-state index contributed by atoms with van der Waals surface area (Å²) < 4.78 is 37.1. The number of alkyl halides is 3. The number of hydrogen-bond donors (Lipinski definition) is 2. The maximum atomic E-state index is 12.4. The van der Waals surface area contributed by atoms with Gasteiger partial charge in [-0.2, -0.15) is 13.2 Å². The Balaban J connectivity index is 0.00000288. The fourth-order valence-corrected chi connectivity index (χ4v) is 2.92. The molecule has 2 unspecified atom stereocenters. The largest absolute Gasteiger partial charge is 0.401 e. The normalized spacial score (nSPS) is 18.8. The lowest BCUT2D eigenvalue weighted by Gasteiger charge is -2.19. The number of likely N-dealkylation sites (tertiary alicyclic amines) is 1. The van der Waals surface area contributed by atoms with E-state index in [1.165, 1.54) is 4.90 Å². The van der Waals surface area contributed by atoms with E-state index in [0.717, 1.165) is 5.56 Å². The van der Waals surface area contributed by atoms with E-state index in [1.807, 2.05) is 30.3 Å². The van der Waals surface area contributed by atoms with Crippen LogP contribution in [0.3, 0.4) is 0 Å². The first-order chi connectivity index (χ1) is 10.9. The molecule has 1 aliphatic heterocycles. The summed E-state index contributed by atoms with van der Waals surface area (Å²) >= 11 is 0. The molecule has 25 heavy (non-hydrogen) atoms. The lowest BCUT2D eigenvalue weighted by molar-refractivity contribution is -0.143. The zero-order valence-electron chi connectivity index (χ0n) is 13.7. The average Bonchev–Trinajstić information content (AvgIpc) is 2.92. The number of hydrogen-bond acceptors (Lipinski definition) is 3. The Morgan fingerprint density at radius 1 is 1.28 bits per heavy atom. The Labute approximate surface area is 158 Å². The smallest absolute Gasteiger partial charge is 0.355 e. The van der Waals surface area contributed by atoms with Crippen molar-refractivity contribution in [2.45, 2.75) is 18.5 Å². The monoisotopic (exact) mass is 401 g/mol. The van der Waals surface area contributed by atoms with Gasteiger partial charge in [-0.15, -0.1) is 24.8 Å². The summed E-state index contributed by atoms with van der Waals surface area (Å²) in [6.45, 7) is 0.474. The van der Waals surface area contributed by atoms with Crippen LogP contribution >= 0.6 is 24.8 Å². The molecular weight excluding hydrogens is 378 g/mol. The maximum Gasteiger partial charge on any atom is 0.401 e. The van der Waals surface area contributed by atoms with Gasteiger partial charge in [-0.25, -0.2) is 0 Å². The summed E-state index contributed by atoms with van der Waals surface area (Å²) in [5, 5.41) is 2.83. The first kappa shape index (κ1) is 24.0. The van der Waals surface area contributed by atoms with Crippen molar-refractivity contribution < 1.29 is 18.0 Å². The molecule has 1 fully saturated rings. The molecule has 1 saturated heterocycles. The number of nitrogens with zero attached hydrogens (tertiary/aromatic N) is 1. The van der Waals surface area contributed by atoms with Crippen LogP contribution in [-0.2, 0) is 4.79 Å². The molecule has 0 aliphatic carbocycles. The topological polar surface area (TPSA) is 58.4 Å². The van der Waals surface area contributed by atoms with Crippen LogP contribution in [0.4, 0.5) is 13.2 Å². The highest BCUT2D eigenvalue weighted by molar-refractivity contribution is 5.85. The Morgan fingerprint density at radius 2 is 1.92 bits per heavy atom. The molecule has 2 rings (SSSR count). The number of nitrogens with one attached hydrogen (secondary N) is 1. The minimum Gasteiger partial charge on any atom is -0.355 e. The second kappa shape index (κ2) is 10.9. The molecule has 0 bridgehead atoms.